The molecule has 0 spiro atoms. The van der Waals surface area contributed by atoms with E-state index in [1.807, 2.05) is 0 Å². The second-order valence-corrected chi connectivity index (χ2v) is 6.27. The number of rotatable bonds is 6. The van der Waals surface area contributed by atoms with Crippen molar-refractivity contribution in [3.8, 4) is 5.75 Å². The summed E-state index contributed by atoms with van der Waals surface area (Å²) in [5.41, 5.74) is 5.69. The summed E-state index contributed by atoms with van der Waals surface area (Å²) in [6.07, 6.45) is -0.320. The van der Waals surface area contributed by atoms with Crippen LogP contribution in [0.2, 0.25) is 0 Å². The third kappa shape index (κ3) is 6.42. The molecule has 0 heterocycles. The molecule has 0 aliphatic heterocycles. The monoisotopic (exact) mass is 370 g/mol. The minimum atomic E-state index is -4.21. The summed E-state index contributed by atoms with van der Waals surface area (Å²) in [5.74, 6) is -1.89. The Labute approximate surface area is 149 Å². The van der Waals surface area contributed by atoms with E-state index >= 15 is 0 Å². The van der Waals surface area contributed by atoms with Gasteiger partial charge in [-0.15, -0.1) is 0 Å². The topological polar surface area (TPSA) is 81.4 Å². The van der Waals surface area contributed by atoms with Gasteiger partial charge in [0.1, 0.15) is 5.75 Å². The van der Waals surface area contributed by atoms with E-state index in [0.717, 1.165) is 0 Å². The lowest BCUT2D eigenvalue weighted by Gasteiger charge is -2.30. The molecule has 1 saturated carbocycles. The van der Waals surface area contributed by atoms with Crippen molar-refractivity contribution >= 4 is 17.9 Å². The molecule has 0 aromatic heterocycles. The fourth-order valence-electron chi connectivity index (χ4n) is 2.87. The first-order chi connectivity index (χ1) is 12.2. The first-order valence-corrected chi connectivity index (χ1v) is 8.30. The van der Waals surface area contributed by atoms with E-state index in [9.17, 15) is 22.8 Å². The summed E-state index contributed by atoms with van der Waals surface area (Å²) in [6.45, 7) is -0.224. The number of primary amides is 1. The van der Waals surface area contributed by atoms with E-state index in [-0.39, 0.29) is 19.4 Å². The van der Waals surface area contributed by atoms with Crippen molar-refractivity contribution in [2.24, 2.45) is 11.7 Å². The van der Waals surface area contributed by atoms with E-state index < -0.39 is 30.0 Å². The van der Waals surface area contributed by atoms with Crippen LogP contribution < -0.4 is 15.8 Å². The van der Waals surface area contributed by atoms with Crippen LogP contribution in [0.4, 0.5) is 13.2 Å². The molecular formula is C18H21F3N2O3. The summed E-state index contributed by atoms with van der Waals surface area (Å²) in [5, 5.41) is 2.63. The van der Waals surface area contributed by atoms with Crippen molar-refractivity contribution in [2.75, 3.05) is 6.61 Å². The lowest BCUT2D eigenvalue weighted by Crippen LogP contribution is -2.41. The van der Waals surface area contributed by atoms with Gasteiger partial charge in [-0.1, -0.05) is 18.6 Å². The second kappa shape index (κ2) is 8.73. The normalized spacial score (nSPS) is 20.7. The second-order valence-electron chi connectivity index (χ2n) is 6.27. The van der Waals surface area contributed by atoms with Gasteiger partial charge in [0.2, 0.25) is 5.91 Å². The van der Waals surface area contributed by atoms with Crippen LogP contribution in [0.5, 0.6) is 5.75 Å². The summed E-state index contributed by atoms with van der Waals surface area (Å²) in [7, 11) is 0. The third-order valence-electron chi connectivity index (χ3n) is 4.17. The molecule has 5 nitrogen and oxygen atoms in total. The Hall–Kier alpha value is -2.51. The lowest BCUT2D eigenvalue weighted by atomic mass is 9.85. The van der Waals surface area contributed by atoms with Crippen LogP contribution in [0.3, 0.4) is 0 Å². The van der Waals surface area contributed by atoms with Gasteiger partial charge in [0, 0.05) is 12.1 Å². The number of carbonyl (C=O) groups excluding carboxylic acids is 2. The highest BCUT2D eigenvalue weighted by molar-refractivity contribution is 5.91. The average molecular weight is 370 g/mol. The number of halogens is 3. The average Bonchev–Trinajstić information content (AvgIpc) is 2.58. The van der Waals surface area contributed by atoms with Crippen LogP contribution in [-0.4, -0.2) is 30.6 Å². The van der Waals surface area contributed by atoms with Gasteiger partial charge in [0.05, 0.1) is 5.92 Å². The molecule has 1 aromatic rings. The number of hydrogen-bond acceptors (Lipinski definition) is 3. The van der Waals surface area contributed by atoms with E-state index in [1.165, 1.54) is 6.08 Å². The van der Waals surface area contributed by atoms with E-state index in [0.29, 0.717) is 24.2 Å². The van der Waals surface area contributed by atoms with E-state index in [2.05, 4.69) is 5.32 Å². The van der Waals surface area contributed by atoms with Crippen molar-refractivity contribution < 1.29 is 27.5 Å². The molecule has 8 heteroatoms. The molecule has 2 amide bonds. The number of hydrogen-bond donors (Lipinski definition) is 2. The Morgan fingerprint density at radius 2 is 1.92 bits per heavy atom. The minimum absolute atomic E-state index is 0.0744. The number of ether oxygens (including phenoxy) is 1. The fraction of sp³-hybridized carbons (Fsp3) is 0.444. The van der Waals surface area contributed by atoms with Gasteiger partial charge in [-0.2, -0.15) is 13.2 Å². The summed E-state index contributed by atoms with van der Waals surface area (Å²) in [6, 6.07) is 6.14. The molecule has 1 fully saturated rings. The first kappa shape index (κ1) is 19.8. The maximum Gasteiger partial charge on any atom is 0.391 e. The molecule has 142 valence electrons. The van der Waals surface area contributed by atoms with Crippen molar-refractivity contribution in [2.45, 2.75) is 37.9 Å². The van der Waals surface area contributed by atoms with Crippen LogP contribution in [0.1, 0.15) is 31.2 Å². The van der Waals surface area contributed by atoms with E-state index in [4.69, 9.17) is 10.5 Å². The number of benzene rings is 1. The molecule has 2 unspecified atom stereocenters. The van der Waals surface area contributed by atoms with Gasteiger partial charge < -0.3 is 15.8 Å². The molecule has 26 heavy (non-hydrogen) atoms. The predicted octanol–water partition coefficient (Wildman–Crippen LogP) is 2.80. The van der Waals surface area contributed by atoms with Gasteiger partial charge in [0.15, 0.2) is 6.61 Å². The highest BCUT2D eigenvalue weighted by atomic mass is 19.4. The Morgan fingerprint density at radius 1 is 1.23 bits per heavy atom. The van der Waals surface area contributed by atoms with Crippen molar-refractivity contribution in [1.29, 1.82) is 0 Å². The van der Waals surface area contributed by atoms with Gasteiger partial charge in [-0.05, 0) is 43.0 Å². The van der Waals surface area contributed by atoms with Gasteiger partial charge in [-0.3, -0.25) is 9.59 Å². The SMILES string of the molecule is NC(=O)COc1ccc(C=CC(=O)NC2CCCC(C(F)(F)F)C2)cc1. The smallest absolute Gasteiger partial charge is 0.391 e. The zero-order valence-electron chi connectivity index (χ0n) is 14.1. The van der Waals surface area contributed by atoms with Crippen molar-refractivity contribution in [1.82, 2.24) is 5.32 Å². The largest absolute Gasteiger partial charge is 0.484 e. The minimum Gasteiger partial charge on any atom is -0.484 e. The summed E-state index contributed by atoms with van der Waals surface area (Å²) in [4.78, 5) is 22.6. The Kier molecular flexibility index (Phi) is 6.65. The van der Waals surface area contributed by atoms with Crippen LogP contribution in [-0.2, 0) is 9.59 Å². The summed E-state index contributed by atoms with van der Waals surface area (Å²) >= 11 is 0. The molecule has 2 atom stereocenters. The standard InChI is InChI=1S/C18H21F3N2O3/c19-18(20,21)13-2-1-3-14(10-13)23-17(25)9-6-12-4-7-15(8-5-12)26-11-16(22)24/h4-9,13-14H,1-3,10-11H2,(H2,22,24)(H,23,25). The molecule has 0 saturated heterocycles. The van der Waals surface area contributed by atoms with Crippen LogP contribution in [0, 0.1) is 5.92 Å². The third-order valence-corrected chi connectivity index (χ3v) is 4.17. The lowest BCUT2D eigenvalue weighted by molar-refractivity contribution is -0.184. The maximum atomic E-state index is 12.8. The highest BCUT2D eigenvalue weighted by Gasteiger charge is 2.42. The molecule has 0 bridgehead atoms. The number of alkyl halides is 3. The number of carbonyl (C=O) groups is 2. The van der Waals surface area contributed by atoms with Gasteiger partial charge in [0.25, 0.3) is 5.91 Å². The zero-order chi connectivity index (χ0) is 19.2. The number of amides is 2. The zero-order valence-corrected chi connectivity index (χ0v) is 14.1. The van der Waals surface area contributed by atoms with Gasteiger partial charge >= 0.3 is 6.18 Å². The molecule has 2 rings (SSSR count). The molecule has 3 N–H and O–H groups in total. The Balaban J connectivity index is 1.84. The number of nitrogens with one attached hydrogen (secondary N) is 1. The first-order valence-electron chi connectivity index (χ1n) is 8.30. The molecule has 1 aliphatic rings. The van der Waals surface area contributed by atoms with Gasteiger partial charge in [-0.25, -0.2) is 0 Å². The molecule has 1 aromatic carbocycles. The molecular weight excluding hydrogens is 349 g/mol. The molecule has 0 radical (unpaired) electrons. The van der Waals surface area contributed by atoms with Crippen LogP contribution >= 0.6 is 0 Å². The van der Waals surface area contributed by atoms with E-state index in [1.54, 1.807) is 30.3 Å². The fourth-order valence-corrected chi connectivity index (χ4v) is 2.87. The maximum absolute atomic E-state index is 12.8. The Morgan fingerprint density at radius 3 is 2.54 bits per heavy atom. The van der Waals surface area contributed by atoms with Crippen LogP contribution in [0.15, 0.2) is 30.3 Å². The van der Waals surface area contributed by atoms with Crippen molar-refractivity contribution in [3.05, 3.63) is 35.9 Å². The quantitative estimate of drug-likeness (QED) is 0.756. The summed E-state index contributed by atoms with van der Waals surface area (Å²) < 4.78 is 43.5. The predicted molar refractivity (Wildman–Crippen MR) is 90.1 cm³/mol. The number of nitrogens with two attached hydrogens (primary N) is 1. The highest BCUT2D eigenvalue weighted by Crippen LogP contribution is 2.37. The molecule has 1 aliphatic carbocycles. The Bertz CT molecular complexity index is 657. The van der Waals surface area contributed by atoms with Crippen LogP contribution in [0.25, 0.3) is 6.08 Å². The van der Waals surface area contributed by atoms with Crippen molar-refractivity contribution in [3.63, 3.8) is 0 Å².